The van der Waals surface area contributed by atoms with Gasteiger partial charge in [-0.2, -0.15) is 0 Å². The van der Waals surface area contributed by atoms with Gasteiger partial charge < -0.3 is 10.4 Å². The minimum absolute atomic E-state index is 0.0855. The number of hydrogen-bond donors (Lipinski definition) is 2. The molecule has 0 heterocycles. The Morgan fingerprint density at radius 1 is 1.30 bits per heavy atom. The molecule has 0 fully saturated rings. The Labute approximate surface area is 115 Å². The van der Waals surface area contributed by atoms with Crippen LogP contribution in [0.5, 0.6) is 0 Å². The lowest BCUT2D eigenvalue weighted by molar-refractivity contribution is -0.142. The van der Waals surface area contributed by atoms with E-state index in [1.54, 1.807) is 0 Å². The fourth-order valence-electron chi connectivity index (χ4n) is 1.79. The van der Waals surface area contributed by atoms with Gasteiger partial charge >= 0.3 is 5.97 Å². The third-order valence-electron chi connectivity index (χ3n) is 2.70. The molecule has 2 N–H and O–H groups in total. The second-order valence-electron chi connectivity index (χ2n) is 5.00. The molecule has 1 aromatic rings. The Balaban J connectivity index is 2.70. The van der Waals surface area contributed by atoms with Crippen LogP contribution in [-0.4, -0.2) is 23.0 Å². The molecule has 0 unspecified atom stereocenters. The summed E-state index contributed by atoms with van der Waals surface area (Å²) in [4.78, 5) is 22.7. The van der Waals surface area contributed by atoms with Crippen LogP contribution in [0.25, 0.3) is 0 Å². The first-order chi connectivity index (χ1) is 9.29. The van der Waals surface area contributed by atoms with Crippen LogP contribution in [0.2, 0.25) is 0 Å². The summed E-state index contributed by atoms with van der Waals surface area (Å²) in [6, 6.07) is 1.78. The van der Waals surface area contributed by atoms with Gasteiger partial charge in [0.25, 0.3) is 0 Å². The quantitative estimate of drug-likeness (QED) is 0.841. The van der Waals surface area contributed by atoms with E-state index in [4.69, 9.17) is 5.11 Å². The first-order valence-electron chi connectivity index (χ1n) is 6.25. The summed E-state index contributed by atoms with van der Waals surface area (Å²) in [7, 11) is 0. The molecule has 1 amide bonds. The normalized spacial score (nSPS) is 12.2. The van der Waals surface area contributed by atoms with E-state index in [1.165, 1.54) is 0 Å². The van der Waals surface area contributed by atoms with Crippen molar-refractivity contribution < 1.29 is 23.5 Å². The van der Waals surface area contributed by atoms with Gasteiger partial charge in [-0.15, -0.1) is 0 Å². The zero-order valence-electron chi connectivity index (χ0n) is 11.3. The van der Waals surface area contributed by atoms with Crippen molar-refractivity contribution in [1.82, 2.24) is 5.32 Å². The van der Waals surface area contributed by atoms with Gasteiger partial charge in [0.1, 0.15) is 17.7 Å². The Hall–Kier alpha value is -1.98. The average Bonchev–Trinajstić information content (AvgIpc) is 2.32. The van der Waals surface area contributed by atoms with Crippen molar-refractivity contribution in [2.45, 2.75) is 32.7 Å². The highest BCUT2D eigenvalue weighted by Gasteiger charge is 2.21. The van der Waals surface area contributed by atoms with Crippen molar-refractivity contribution >= 4 is 11.9 Å². The summed E-state index contributed by atoms with van der Waals surface area (Å²) in [5, 5.41) is 11.3. The zero-order valence-corrected chi connectivity index (χ0v) is 11.3. The molecule has 20 heavy (non-hydrogen) atoms. The van der Waals surface area contributed by atoms with Crippen LogP contribution in [0, 0.1) is 17.6 Å². The molecule has 6 heteroatoms. The standard InChI is InChI=1S/C14H17F2NO3/c1-8(2)5-12(14(19)20)17-13(18)7-9-6-10(15)3-4-11(9)16/h3-4,6,8,12H,5,7H2,1-2H3,(H,17,18)(H,19,20)/t12-/m1/s1. The van der Waals surface area contributed by atoms with Crippen LogP contribution < -0.4 is 5.32 Å². The second kappa shape index (κ2) is 6.98. The number of rotatable bonds is 6. The van der Waals surface area contributed by atoms with E-state index in [1.807, 2.05) is 13.8 Å². The Bertz CT molecular complexity index is 503. The van der Waals surface area contributed by atoms with Crippen molar-refractivity contribution in [3.63, 3.8) is 0 Å². The van der Waals surface area contributed by atoms with Crippen molar-refractivity contribution in [1.29, 1.82) is 0 Å². The van der Waals surface area contributed by atoms with Gasteiger partial charge in [-0.25, -0.2) is 13.6 Å². The van der Waals surface area contributed by atoms with E-state index >= 15 is 0 Å². The summed E-state index contributed by atoms with van der Waals surface area (Å²) < 4.78 is 26.3. The Morgan fingerprint density at radius 3 is 2.50 bits per heavy atom. The Kier molecular flexibility index (Phi) is 5.61. The largest absolute Gasteiger partial charge is 0.480 e. The number of halogens is 2. The lowest BCUT2D eigenvalue weighted by Gasteiger charge is -2.16. The van der Waals surface area contributed by atoms with Crippen LogP contribution in [0.3, 0.4) is 0 Å². The van der Waals surface area contributed by atoms with Crippen LogP contribution in [-0.2, 0) is 16.0 Å². The number of carboxylic acids is 1. The van der Waals surface area contributed by atoms with Gasteiger partial charge in [-0.1, -0.05) is 13.8 Å². The first-order valence-corrected chi connectivity index (χ1v) is 6.25. The molecule has 0 aliphatic rings. The minimum Gasteiger partial charge on any atom is -0.480 e. The predicted molar refractivity (Wildman–Crippen MR) is 69.1 cm³/mol. The maximum atomic E-state index is 13.4. The van der Waals surface area contributed by atoms with Crippen molar-refractivity contribution in [3.05, 3.63) is 35.4 Å². The van der Waals surface area contributed by atoms with E-state index in [-0.39, 0.29) is 17.9 Å². The maximum Gasteiger partial charge on any atom is 0.326 e. The van der Waals surface area contributed by atoms with Gasteiger partial charge in [-0.05, 0) is 30.5 Å². The number of benzene rings is 1. The number of aliphatic carboxylic acids is 1. The van der Waals surface area contributed by atoms with Crippen LogP contribution in [0.4, 0.5) is 8.78 Å². The summed E-state index contributed by atoms with van der Waals surface area (Å²) in [6.45, 7) is 3.66. The molecule has 0 aliphatic heterocycles. The number of carbonyl (C=O) groups excluding carboxylic acids is 1. The molecule has 0 aliphatic carbocycles. The Morgan fingerprint density at radius 2 is 1.95 bits per heavy atom. The van der Waals surface area contributed by atoms with Gasteiger partial charge in [0.15, 0.2) is 0 Å². The third kappa shape index (κ3) is 4.95. The summed E-state index contributed by atoms with van der Waals surface area (Å²) in [5.41, 5.74) is -0.101. The first kappa shape index (κ1) is 16.1. The fourth-order valence-corrected chi connectivity index (χ4v) is 1.79. The number of carbonyl (C=O) groups is 2. The molecule has 0 spiro atoms. The van der Waals surface area contributed by atoms with Crippen LogP contribution >= 0.6 is 0 Å². The lowest BCUT2D eigenvalue weighted by Crippen LogP contribution is -2.42. The monoisotopic (exact) mass is 285 g/mol. The smallest absolute Gasteiger partial charge is 0.326 e. The van der Waals surface area contributed by atoms with Crippen molar-refractivity contribution in [3.8, 4) is 0 Å². The van der Waals surface area contributed by atoms with Crippen molar-refractivity contribution in [2.75, 3.05) is 0 Å². The number of amides is 1. The molecule has 1 rings (SSSR count). The molecular formula is C14H17F2NO3. The van der Waals surface area contributed by atoms with Crippen LogP contribution in [0.15, 0.2) is 18.2 Å². The second-order valence-corrected chi connectivity index (χ2v) is 5.00. The molecule has 0 radical (unpaired) electrons. The molecule has 110 valence electrons. The number of carboxylic acid groups (broad SMARTS) is 1. The van der Waals surface area contributed by atoms with E-state index in [0.29, 0.717) is 0 Å². The highest BCUT2D eigenvalue weighted by molar-refractivity contribution is 5.84. The molecule has 4 nitrogen and oxygen atoms in total. The SMILES string of the molecule is CC(C)C[C@@H](NC(=O)Cc1cc(F)ccc1F)C(=O)O. The average molecular weight is 285 g/mol. The fraction of sp³-hybridized carbons (Fsp3) is 0.429. The maximum absolute atomic E-state index is 13.4. The highest BCUT2D eigenvalue weighted by Crippen LogP contribution is 2.11. The summed E-state index contributed by atoms with van der Waals surface area (Å²) >= 11 is 0. The van der Waals surface area contributed by atoms with E-state index < -0.39 is 36.0 Å². The van der Waals surface area contributed by atoms with E-state index in [2.05, 4.69) is 5.32 Å². The molecule has 0 saturated carbocycles. The highest BCUT2D eigenvalue weighted by atomic mass is 19.1. The topological polar surface area (TPSA) is 66.4 Å². The summed E-state index contributed by atoms with van der Waals surface area (Å²) in [5.74, 6) is -3.06. The molecule has 0 bridgehead atoms. The summed E-state index contributed by atoms with van der Waals surface area (Å²) in [6.07, 6.45) is -0.127. The van der Waals surface area contributed by atoms with Crippen molar-refractivity contribution in [2.24, 2.45) is 5.92 Å². The molecule has 1 aromatic carbocycles. The molecule has 1 atom stereocenters. The van der Waals surface area contributed by atoms with Gasteiger partial charge in [0.2, 0.25) is 5.91 Å². The molecular weight excluding hydrogens is 268 g/mol. The van der Waals surface area contributed by atoms with E-state index in [9.17, 15) is 18.4 Å². The van der Waals surface area contributed by atoms with E-state index in [0.717, 1.165) is 18.2 Å². The molecule has 0 saturated heterocycles. The van der Waals surface area contributed by atoms with Gasteiger partial charge in [-0.3, -0.25) is 4.79 Å². The van der Waals surface area contributed by atoms with Gasteiger partial charge in [0.05, 0.1) is 6.42 Å². The number of nitrogens with one attached hydrogen (secondary N) is 1. The minimum atomic E-state index is -1.15. The molecule has 0 aromatic heterocycles. The van der Waals surface area contributed by atoms with Gasteiger partial charge in [0, 0.05) is 5.56 Å². The third-order valence-corrected chi connectivity index (χ3v) is 2.70. The number of hydrogen-bond acceptors (Lipinski definition) is 2. The lowest BCUT2D eigenvalue weighted by atomic mass is 10.0. The van der Waals surface area contributed by atoms with Crippen LogP contribution in [0.1, 0.15) is 25.8 Å². The predicted octanol–water partition coefficient (Wildman–Crippen LogP) is 2.12. The zero-order chi connectivity index (χ0) is 15.3.